The fourth-order valence-corrected chi connectivity index (χ4v) is 14.4. The zero-order valence-corrected chi connectivity index (χ0v) is 28.8. The summed E-state index contributed by atoms with van der Waals surface area (Å²) in [5, 5.41) is 0. The predicted octanol–water partition coefficient (Wildman–Crippen LogP) is 10.2. The SMILES string of the molecule is CC(C)(C)c1ccc2c(c1)-c1cc(C(C)(C)C)c[c](/[Zr]([C]3=CC=CC3)=[C](/c3ccccc3)c3cccc(C(F)(F)F)c3)c1C2. The molecule has 0 saturated carbocycles. The monoisotopic (exact) mass is 666 g/mol. The van der Waals surface area contributed by atoms with Gasteiger partial charge in [-0.05, 0) is 0 Å². The predicted molar refractivity (Wildman–Crippen MR) is 175 cm³/mol. The molecule has 0 bridgehead atoms. The number of hydrogen-bond donors (Lipinski definition) is 0. The van der Waals surface area contributed by atoms with E-state index >= 15 is 0 Å². The Bertz CT molecular complexity index is 1840. The maximum atomic E-state index is 14.1. The summed E-state index contributed by atoms with van der Waals surface area (Å²) in [6.45, 7) is 13.5. The van der Waals surface area contributed by atoms with Crippen LogP contribution in [0.1, 0.15) is 86.9 Å². The van der Waals surface area contributed by atoms with Crippen LogP contribution >= 0.6 is 0 Å². The molecule has 2 aliphatic carbocycles. The Morgan fingerprint density at radius 1 is 0.659 bits per heavy atom. The van der Waals surface area contributed by atoms with Crippen molar-refractivity contribution >= 4 is 6.48 Å². The molecule has 0 spiro atoms. The zero-order chi connectivity index (χ0) is 31.4. The van der Waals surface area contributed by atoms with Gasteiger partial charge in [0, 0.05) is 0 Å². The Morgan fingerprint density at radius 3 is 1.98 bits per heavy atom. The molecule has 0 amide bonds. The fourth-order valence-electron chi connectivity index (χ4n) is 6.41. The van der Waals surface area contributed by atoms with Gasteiger partial charge in [0.25, 0.3) is 0 Å². The van der Waals surface area contributed by atoms with Crippen LogP contribution in [-0.2, 0) is 44.7 Å². The van der Waals surface area contributed by atoms with Crippen molar-refractivity contribution < 1.29 is 34.4 Å². The molecule has 0 heterocycles. The summed E-state index contributed by atoms with van der Waals surface area (Å²) in [7, 11) is 0. The van der Waals surface area contributed by atoms with E-state index in [0.29, 0.717) is 5.56 Å². The van der Waals surface area contributed by atoms with E-state index in [4.69, 9.17) is 0 Å². The molecule has 0 nitrogen and oxygen atoms in total. The molecule has 224 valence electrons. The van der Waals surface area contributed by atoms with Crippen LogP contribution in [0.2, 0.25) is 0 Å². The number of allylic oxidation sites excluding steroid dienone is 4. The first-order valence-corrected chi connectivity index (χ1v) is 19.1. The van der Waals surface area contributed by atoms with Crippen molar-refractivity contribution in [3.63, 3.8) is 0 Å². The van der Waals surface area contributed by atoms with E-state index < -0.39 is 33.0 Å². The van der Waals surface area contributed by atoms with Crippen LogP contribution in [-0.4, -0.2) is 3.21 Å². The minimum absolute atomic E-state index is 0.0290. The van der Waals surface area contributed by atoms with E-state index in [2.05, 4.69) is 102 Å². The quantitative estimate of drug-likeness (QED) is 0.179. The van der Waals surface area contributed by atoms with Crippen LogP contribution in [0, 0.1) is 0 Å². The molecule has 0 aromatic heterocycles. The molecular formula is C40H39F3Zr. The van der Waals surface area contributed by atoms with Gasteiger partial charge in [-0.15, -0.1) is 0 Å². The molecule has 6 rings (SSSR count). The van der Waals surface area contributed by atoms with Crippen molar-refractivity contribution in [3.05, 3.63) is 145 Å². The molecule has 0 fully saturated rings. The summed E-state index contributed by atoms with van der Waals surface area (Å²) in [4.78, 5) is 0. The van der Waals surface area contributed by atoms with E-state index in [1.807, 2.05) is 24.3 Å². The second-order valence-corrected chi connectivity index (χ2v) is 20.1. The van der Waals surface area contributed by atoms with Crippen LogP contribution in [0.15, 0.2) is 106 Å². The summed E-state index contributed by atoms with van der Waals surface area (Å²) in [6, 6.07) is 27.9. The third-order valence-corrected chi connectivity index (χ3v) is 16.5. The van der Waals surface area contributed by atoms with Crippen molar-refractivity contribution in [2.75, 3.05) is 0 Å². The average Bonchev–Trinajstić information content (AvgIpc) is 3.63. The second kappa shape index (κ2) is 11.4. The standard InChI is InChI=1S/C21H25.C14H9F3.C5H5.Zr/c1-20(2,3)16-9-7-14-11-15-8-10-17(21(4,5)6)13-19(15)18(14)12-16;15-14(16,17)13-8-4-7-12(10-13)9-11-5-2-1-3-6-11;1-2-4-5-3-1;/h7,9-10,12-13H,11H2,1-6H3;1-8,10H;1-3H,4H2;. The van der Waals surface area contributed by atoms with Crippen molar-refractivity contribution in [1.29, 1.82) is 0 Å². The molecule has 2 aliphatic rings. The molecule has 4 aromatic carbocycles. The molecule has 0 atom stereocenters. The Morgan fingerprint density at radius 2 is 1.34 bits per heavy atom. The van der Waals surface area contributed by atoms with Crippen LogP contribution in [0.25, 0.3) is 11.1 Å². The summed E-state index contributed by atoms with van der Waals surface area (Å²) >= 11 is -3.11. The van der Waals surface area contributed by atoms with Crippen molar-refractivity contribution in [2.24, 2.45) is 0 Å². The van der Waals surface area contributed by atoms with Crippen LogP contribution in [0.4, 0.5) is 13.2 Å². The number of benzene rings is 4. The van der Waals surface area contributed by atoms with Gasteiger partial charge in [-0.2, -0.15) is 0 Å². The second-order valence-electron chi connectivity index (χ2n) is 14.1. The summed E-state index contributed by atoms with van der Waals surface area (Å²) in [6.07, 6.45) is 3.87. The van der Waals surface area contributed by atoms with Gasteiger partial charge in [-0.3, -0.25) is 0 Å². The first kappa shape index (κ1) is 30.9. The fraction of sp³-hybridized carbons (Fsp3) is 0.275. The van der Waals surface area contributed by atoms with E-state index in [1.165, 1.54) is 52.1 Å². The normalized spacial score (nSPS) is 15.2. The van der Waals surface area contributed by atoms with E-state index in [-0.39, 0.29) is 10.8 Å². The van der Waals surface area contributed by atoms with E-state index in [0.717, 1.165) is 21.6 Å². The number of fused-ring (bicyclic) bond motifs is 3. The maximum absolute atomic E-state index is 14.1. The zero-order valence-electron chi connectivity index (χ0n) is 26.4. The van der Waals surface area contributed by atoms with Gasteiger partial charge in [0.15, 0.2) is 0 Å². The van der Waals surface area contributed by atoms with Gasteiger partial charge in [0.1, 0.15) is 0 Å². The van der Waals surface area contributed by atoms with Gasteiger partial charge in [0.05, 0.1) is 0 Å². The molecule has 0 aliphatic heterocycles. The van der Waals surface area contributed by atoms with Gasteiger partial charge in [0.2, 0.25) is 0 Å². The van der Waals surface area contributed by atoms with E-state index in [1.54, 1.807) is 6.07 Å². The Kier molecular flexibility index (Phi) is 7.98. The third-order valence-electron chi connectivity index (χ3n) is 8.90. The number of alkyl halides is 3. The Hall–Kier alpha value is -3.10. The number of halogens is 3. The third kappa shape index (κ3) is 5.95. The minimum atomic E-state index is -4.41. The van der Waals surface area contributed by atoms with E-state index in [9.17, 15) is 13.2 Å². The summed E-state index contributed by atoms with van der Waals surface area (Å²) in [5.74, 6) is 0. The van der Waals surface area contributed by atoms with Crippen molar-refractivity contribution in [1.82, 2.24) is 0 Å². The van der Waals surface area contributed by atoms with Gasteiger partial charge < -0.3 is 0 Å². The molecule has 4 aromatic rings. The summed E-state index contributed by atoms with van der Waals surface area (Å²) in [5.41, 5.74) is 8.95. The molecule has 0 N–H and O–H groups in total. The molecular weight excluding hydrogens is 629 g/mol. The first-order valence-electron chi connectivity index (χ1n) is 15.4. The first-order chi connectivity index (χ1) is 20.7. The van der Waals surface area contributed by atoms with Gasteiger partial charge >= 0.3 is 269 Å². The summed E-state index contributed by atoms with van der Waals surface area (Å²) < 4.78 is 46.1. The molecule has 0 radical (unpaired) electrons. The molecule has 0 saturated heterocycles. The number of rotatable bonds is 4. The average molecular weight is 668 g/mol. The topological polar surface area (TPSA) is 0 Å². The molecule has 44 heavy (non-hydrogen) atoms. The van der Waals surface area contributed by atoms with Crippen LogP contribution in [0.5, 0.6) is 0 Å². The van der Waals surface area contributed by atoms with Gasteiger partial charge in [-0.25, -0.2) is 0 Å². The van der Waals surface area contributed by atoms with Crippen molar-refractivity contribution in [2.45, 2.75) is 71.4 Å². The van der Waals surface area contributed by atoms with Crippen LogP contribution < -0.4 is 3.27 Å². The van der Waals surface area contributed by atoms with Gasteiger partial charge in [-0.1, -0.05) is 0 Å². The Labute approximate surface area is 267 Å². The van der Waals surface area contributed by atoms with Crippen molar-refractivity contribution in [3.8, 4) is 11.1 Å². The Balaban J connectivity index is 1.73. The molecule has 0 unspecified atom stereocenters. The molecule has 4 heteroatoms. The van der Waals surface area contributed by atoms with Crippen LogP contribution in [0.3, 0.4) is 0 Å². The number of hydrogen-bond acceptors (Lipinski definition) is 0.